The van der Waals surface area contributed by atoms with Gasteiger partial charge in [-0.1, -0.05) is 0 Å². The standard InChI is InChI=1S/C16H17F3NP/c1-5-21(4)10-20-15(17)9-14(21)13-8-12(16(3,18)19)7-6-11(13)2/h1,6-10,14,21H,2-4H3. The average Bonchev–Trinajstić information content (AvgIpc) is 2.41. The molecule has 0 amide bonds. The van der Waals surface area contributed by atoms with Crippen LogP contribution in [-0.4, -0.2) is 12.6 Å². The molecule has 0 saturated heterocycles. The summed E-state index contributed by atoms with van der Waals surface area (Å²) in [6.45, 7) is 4.54. The molecule has 1 aliphatic heterocycles. The van der Waals surface area contributed by atoms with Crippen LogP contribution in [0.3, 0.4) is 0 Å². The molecule has 0 bridgehead atoms. The summed E-state index contributed by atoms with van der Waals surface area (Å²) in [4.78, 5) is 3.67. The van der Waals surface area contributed by atoms with E-state index in [1.807, 2.05) is 13.6 Å². The van der Waals surface area contributed by atoms with Gasteiger partial charge >= 0.3 is 122 Å². The van der Waals surface area contributed by atoms with Crippen molar-refractivity contribution in [1.29, 1.82) is 0 Å². The normalized spacial score (nSPS) is 22.3. The monoisotopic (exact) mass is 311 g/mol. The third kappa shape index (κ3) is 3.04. The topological polar surface area (TPSA) is 12.4 Å². The molecule has 1 aliphatic rings. The summed E-state index contributed by atoms with van der Waals surface area (Å²) in [7, 11) is -2.46. The van der Waals surface area contributed by atoms with Crippen molar-refractivity contribution >= 4 is 13.2 Å². The van der Waals surface area contributed by atoms with Crippen LogP contribution in [0.15, 0.2) is 35.2 Å². The number of hydrogen-bond acceptors (Lipinski definition) is 1. The first-order valence-corrected chi connectivity index (χ1v) is 9.22. The van der Waals surface area contributed by atoms with Crippen molar-refractivity contribution < 1.29 is 13.2 Å². The van der Waals surface area contributed by atoms with Gasteiger partial charge in [-0.25, -0.2) is 0 Å². The zero-order chi connectivity index (χ0) is 15.8. The Labute approximate surface area is 123 Å². The molecule has 1 aromatic rings. The van der Waals surface area contributed by atoms with Crippen LogP contribution in [0.4, 0.5) is 13.2 Å². The van der Waals surface area contributed by atoms with Gasteiger partial charge in [-0.15, -0.1) is 0 Å². The molecule has 1 atom stereocenters. The minimum absolute atomic E-state index is 0.0900. The molecule has 112 valence electrons. The Hall–Kier alpha value is -1.59. The summed E-state index contributed by atoms with van der Waals surface area (Å²) in [6, 6.07) is 4.46. The third-order valence-corrected chi connectivity index (χ3v) is 6.90. The molecule has 1 heterocycles. The van der Waals surface area contributed by atoms with Gasteiger partial charge in [-0.05, 0) is 0 Å². The summed E-state index contributed by atoms with van der Waals surface area (Å²) in [5, 5.41) is 0. The van der Waals surface area contributed by atoms with Crippen LogP contribution >= 0.6 is 7.26 Å². The summed E-state index contributed by atoms with van der Waals surface area (Å²) in [5.74, 6) is -2.06. The van der Waals surface area contributed by atoms with Crippen LogP contribution in [0.1, 0.15) is 29.3 Å². The average molecular weight is 311 g/mol. The first-order chi connectivity index (χ1) is 9.67. The fraction of sp³-hybridized carbons (Fsp3) is 0.312. The second-order valence-corrected chi connectivity index (χ2v) is 9.35. The summed E-state index contributed by atoms with van der Waals surface area (Å²) < 4.78 is 40.6. The molecule has 0 saturated carbocycles. The van der Waals surface area contributed by atoms with Crippen molar-refractivity contribution in [3.8, 4) is 12.1 Å². The Bertz CT molecular complexity index is 667. The van der Waals surface area contributed by atoms with Crippen molar-refractivity contribution in [3.05, 3.63) is 46.9 Å². The molecule has 21 heavy (non-hydrogen) atoms. The maximum absolute atomic E-state index is 13.5. The number of alkyl halides is 2. The summed E-state index contributed by atoms with van der Waals surface area (Å²) in [5.41, 5.74) is 3.72. The van der Waals surface area contributed by atoms with Gasteiger partial charge in [0.1, 0.15) is 0 Å². The number of hydrogen-bond donors (Lipinski definition) is 0. The molecule has 0 fully saturated rings. The molecule has 1 nitrogen and oxygen atoms in total. The Morgan fingerprint density at radius 1 is 1.38 bits per heavy atom. The van der Waals surface area contributed by atoms with Gasteiger partial charge in [-0.3, -0.25) is 0 Å². The van der Waals surface area contributed by atoms with E-state index in [9.17, 15) is 13.2 Å². The van der Waals surface area contributed by atoms with E-state index in [0.717, 1.165) is 12.5 Å². The fourth-order valence-corrected chi connectivity index (χ4v) is 4.67. The third-order valence-electron chi connectivity index (χ3n) is 3.84. The van der Waals surface area contributed by atoms with Gasteiger partial charge in [0.2, 0.25) is 0 Å². The molecule has 0 aromatic heterocycles. The Kier molecular flexibility index (Phi) is 4.00. The predicted molar refractivity (Wildman–Crippen MR) is 84.2 cm³/mol. The molecule has 5 heteroatoms. The van der Waals surface area contributed by atoms with Crippen LogP contribution in [0.5, 0.6) is 0 Å². The van der Waals surface area contributed by atoms with E-state index < -0.39 is 19.1 Å². The molecule has 0 spiro atoms. The van der Waals surface area contributed by atoms with E-state index in [1.54, 1.807) is 6.07 Å². The Morgan fingerprint density at radius 2 is 2.05 bits per heavy atom. The van der Waals surface area contributed by atoms with Gasteiger partial charge in [0.15, 0.2) is 0 Å². The van der Waals surface area contributed by atoms with E-state index >= 15 is 0 Å². The summed E-state index contributed by atoms with van der Waals surface area (Å²) >= 11 is 0. The van der Waals surface area contributed by atoms with E-state index in [1.165, 1.54) is 24.2 Å². The second kappa shape index (κ2) is 5.31. The van der Waals surface area contributed by atoms with Gasteiger partial charge < -0.3 is 0 Å². The van der Waals surface area contributed by atoms with Crippen molar-refractivity contribution in [2.24, 2.45) is 4.99 Å². The van der Waals surface area contributed by atoms with E-state index in [-0.39, 0.29) is 11.2 Å². The molecule has 0 radical (unpaired) electrons. The number of terminal acetylenes is 1. The van der Waals surface area contributed by atoms with Crippen LogP contribution in [0, 0.1) is 19.0 Å². The molecule has 0 N–H and O–H groups in total. The van der Waals surface area contributed by atoms with Crippen molar-refractivity contribution in [3.63, 3.8) is 0 Å². The van der Waals surface area contributed by atoms with Gasteiger partial charge in [0.05, 0.1) is 0 Å². The van der Waals surface area contributed by atoms with Crippen molar-refractivity contribution in [1.82, 2.24) is 0 Å². The second-order valence-electron chi connectivity index (χ2n) is 5.61. The SMILES string of the molecule is C#C[PH]1(C)C=NC(F)=CC1c1cc(C(C)(F)F)ccc1C. The van der Waals surface area contributed by atoms with E-state index in [4.69, 9.17) is 6.42 Å². The fourth-order valence-electron chi connectivity index (χ4n) is 2.42. The molecule has 1 unspecified atom stereocenters. The van der Waals surface area contributed by atoms with Gasteiger partial charge in [0, 0.05) is 0 Å². The minimum atomic E-state index is -2.94. The molecular weight excluding hydrogens is 294 g/mol. The number of aryl methyl sites for hydroxylation is 1. The Balaban J connectivity index is 2.60. The molecule has 2 rings (SSSR count). The first kappa shape index (κ1) is 15.8. The predicted octanol–water partition coefficient (Wildman–Crippen LogP) is 4.97. The zero-order valence-electron chi connectivity index (χ0n) is 12.1. The van der Waals surface area contributed by atoms with Gasteiger partial charge in [-0.2, -0.15) is 0 Å². The quantitative estimate of drug-likeness (QED) is 0.415. The van der Waals surface area contributed by atoms with Crippen LogP contribution in [0.25, 0.3) is 0 Å². The molecular formula is C16H17F3NP. The maximum atomic E-state index is 13.5. The number of halogens is 3. The number of allylic oxidation sites excluding steroid dienone is 1. The van der Waals surface area contributed by atoms with Crippen LogP contribution in [0.2, 0.25) is 0 Å². The van der Waals surface area contributed by atoms with E-state index in [2.05, 4.69) is 10.7 Å². The number of benzene rings is 1. The van der Waals surface area contributed by atoms with Crippen molar-refractivity contribution in [2.75, 3.05) is 6.66 Å². The summed E-state index contributed by atoms with van der Waals surface area (Å²) in [6.07, 6.45) is 6.96. The molecule has 0 aliphatic carbocycles. The van der Waals surface area contributed by atoms with Gasteiger partial charge in [0.25, 0.3) is 0 Å². The zero-order valence-corrected chi connectivity index (χ0v) is 13.1. The number of aliphatic imine (C=N–C) groups is 1. The van der Waals surface area contributed by atoms with Crippen LogP contribution < -0.4 is 0 Å². The molecule has 1 aromatic carbocycles. The number of nitrogens with zero attached hydrogens (tertiary/aromatic N) is 1. The number of rotatable bonds is 2. The Morgan fingerprint density at radius 3 is 2.62 bits per heavy atom. The van der Waals surface area contributed by atoms with Crippen LogP contribution in [-0.2, 0) is 5.92 Å². The van der Waals surface area contributed by atoms with Crippen molar-refractivity contribution in [2.45, 2.75) is 25.4 Å². The first-order valence-electron chi connectivity index (χ1n) is 6.56. The van der Waals surface area contributed by atoms with E-state index in [0.29, 0.717) is 5.56 Å².